The number of nitrogens with one attached hydrogen (secondary N) is 2. The predicted octanol–water partition coefficient (Wildman–Crippen LogP) is 2.86. The van der Waals surface area contributed by atoms with Gasteiger partial charge in [0.2, 0.25) is 5.91 Å². The first-order chi connectivity index (χ1) is 9.66. The fraction of sp³-hybridized carbons (Fsp3) is 0.562. The first-order valence-electron chi connectivity index (χ1n) is 7.38. The zero-order valence-electron chi connectivity index (χ0n) is 12.4. The van der Waals surface area contributed by atoms with E-state index in [-0.39, 0.29) is 30.0 Å². The average Bonchev–Trinajstić information content (AvgIpc) is 2.46. The molecule has 2 N–H and O–H groups in total. The van der Waals surface area contributed by atoms with Gasteiger partial charge in [-0.05, 0) is 49.4 Å². The van der Waals surface area contributed by atoms with E-state index in [2.05, 4.69) is 10.6 Å². The summed E-state index contributed by atoms with van der Waals surface area (Å²) < 4.78 is 13.6. The number of hydrogen-bond donors (Lipinski definition) is 2. The highest BCUT2D eigenvalue weighted by Gasteiger charge is 2.17. The molecule has 21 heavy (non-hydrogen) atoms. The molecule has 0 aliphatic carbocycles. The highest BCUT2D eigenvalue weighted by atomic mass is 35.5. The van der Waals surface area contributed by atoms with Crippen LogP contribution in [0.2, 0.25) is 0 Å². The Morgan fingerprint density at radius 2 is 2.24 bits per heavy atom. The lowest BCUT2D eigenvalue weighted by Crippen LogP contribution is -2.38. The maximum atomic E-state index is 13.6. The second kappa shape index (κ2) is 9.00. The van der Waals surface area contributed by atoms with E-state index in [9.17, 15) is 9.18 Å². The molecule has 1 aliphatic heterocycles. The van der Waals surface area contributed by atoms with Crippen molar-refractivity contribution < 1.29 is 9.18 Å². The van der Waals surface area contributed by atoms with E-state index in [1.165, 1.54) is 12.5 Å². The van der Waals surface area contributed by atoms with Gasteiger partial charge in [0.1, 0.15) is 5.82 Å². The molecule has 2 atom stereocenters. The van der Waals surface area contributed by atoms with Crippen LogP contribution in [0, 0.1) is 11.7 Å². The van der Waals surface area contributed by atoms with Gasteiger partial charge in [-0.3, -0.25) is 4.79 Å². The molecular weight excluding hydrogens is 291 g/mol. The molecule has 0 bridgehead atoms. The van der Waals surface area contributed by atoms with Crippen molar-refractivity contribution in [3.63, 3.8) is 0 Å². The zero-order chi connectivity index (χ0) is 14.4. The van der Waals surface area contributed by atoms with Crippen LogP contribution in [0.25, 0.3) is 0 Å². The second-order valence-electron chi connectivity index (χ2n) is 5.64. The van der Waals surface area contributed by atoms with E-state index in [0.29, 0.717) is 17.9 Å². The van der Waals surface area contributed by atoms with Crippen LogP contribution in [-0.2, 0) is 4.79 Å². The molecule has 5 heteroatoms. The SMILES string of the molecule is CC(CC(=O)NCC1CCCNC1)c1ccccc1F.Cl. The van der Waals surface area contributed by atoms with Crippen molar-refractivity contribution in [2.45, 2.75) is 32.1 Å². The van der Waals surface area contributed by atoms with Crippen molar-refractivity contribution >= 4 is 18.3 Å². The minimum atomic E-state index is -0.232. The number of carbonyl (C=O) groups excluding carboxylic acids is 1. The van der Waals surface area contributed by atoms with Gasteiger partial charge in [-0.25, -0.2) is 4.39 Å². The van der Waals surface area contributed by atoms with E-state index in [1.54, 1.807) is 18.2 Å². The van der Waals surface area contributed by atoms with Crippen LogP contribution in [-0.4, -0.2) is 25.5 Å². The summed E-state index contributed by atoms with van der Waals surface area (Å²) in [6.07, 6.45) is 2.67. The average molecular weight is 315 g/mol. The maximum Gasteiger partial charge on any atom is 0.220 e. The third-order valence-corrected chi connectivity index (χ3v) is 3.91. The molecule has 1 heterocycles. The van der Waals surface area contributed by atoms with Gasteiger partial charge in [0.25, 0.3) is 0 Å². The molecule has 1 fully saturated rings. The Kier molecular flexibility index (Phi) is 7.68. The van der Waals surface area contributed by atoms with E-state index in [1.807, 2.05) is 6.92 Å². The fourth-order valence-electron chi connectivity index (χ4n) is 2.69. The van der Waals surface area contributed by atoms with Crippen LogP contribution in [0.4, 0.5) is 4.39 Å². The van der Waals surface area contributed by atoms with Gasteiger partial charge in [0.15, 0.2) is 0 Å². The van der Waals surface area contributed by atoms with Gasteiger partial charge in [0, 0.05) is 13.0 Å². The van der Waals surface area contributed by atoms with Gasteiger partial charge in [-0.1, -0.05) is 25.1 Å². The first-order valence-corrected chi connectivity index (χ1v) is 7.38. The number of halogens is 2. The summed E-state index contributed by atoms with van der Waals surface area (Å²) >= 11 is 0. The standard InChI is InChI=1S/C16H23FN2O.ClH/c1-12(14-6-2-3-7-15(14)17)9-16(20)19-11-13-5-4-8-18-10-13;/h2-3,6-7,12-13,18H,4-5,8-11H2,1H3,(H,19,20);1H. The smallest absolute Gasteiger partial charge is 0.220 e. The summed E-state index contributed by atoms with van der Waals surface area (Å²) in [5, 5.41) is 6.30. The van der Waals surface area contributed by atoms with Crippen LogP contribution >= 0.6 is 12.4 Å². The van der Waals surface area contributed by atoms with Crippen molar-refractivity contribution in [3.8, 4) is 0 Å². The molecule has 2 unspecified atom stereocenters. The lowest BCUT2D eigenvalue weighted by atomic mass is 9.96. The third kappa shape index (κ3) is 5.64. The largest absolute Gasteiger partial charge is 0.356 e. The van der Waals surface area contributed by atoms with Gasteiger partial charge >= 0.3 is 0 Å². The summed E-state index contributed by atoms with van der Waals surface area (Å²) in [5.41, 5.74) is 0.613. The zero-order valence-corrected chi connectivity index (χ0v) is 13.2. The maximum absolute atomic E-state index is 13.6. The molecule has 118 valence electrons. The highest BCUT2D eigenvalue weighted by Crippen LogP contribution is 2.21. The van der Waals surface area contributed by atoms with Crippen molar-refractivity contribution in [2.24, 2.45) is 5.92 Å². The predicted molar refractivity (Wildman–Crippen MR) is 85.3 cm³/mol. The van der Waals surface area contributed by atoms with E-state index in [0.717, 1.165) is 26.1 Å². The van der Waals surface area contributed by atoms with Crippen LogP contribution in [0.5, 0.6) is 0 Å². The van der Waals surface area contributed by atoms with Gasteiger partial charge < -0.3 is 10.6 Å². The Labute approximate surface area is 132 Å². The molecule has 0 spiro atoms. The van der Waals surface area contributed by atoms with Gasteiger partial charge in [-0.2, -0.15) is 0 Å². The summed E-state index contributed by atoms with van der Waals surface area (Å²) in [6, 6.07) is 6.66. The van der Waals surface area contributed by atoms with E-state index >= 15 is 0 Å². The summed E-state index contributed by atoms with van der Waals surface area (Å²) in [5.74, 6) is 0.202. The van der Waals surface area contributed by atoms with Gasteiger partial charge in [-0.15, -0.1) is 12.4 Å². The summed E-state index contributed by atoms with van der Waals surface area (Å²) in [7, 11) is 0. The number of rotatable bonds is 5. The van der Waals surface area contributed by atoms with Crippen LogP contribution < -0.4 is 10.6 Å². The Morgan fingerprint density at radius 1 is 1.48 bits per heavy atom. The number of carbonyl (C=O) groups is 1. The van der Waals surface area contributed by atoms with Crippen molar-refractivity contribution in [2.75, 3.05) is 19.6 Å². The molecule has 2 rings (SSSR count). The normalized spacial score (nSPS) is 19.4. The molecule has 0 aromatic heterocycles. The second-order valence-corrected chi connectivity index (χ2v) is 5.64. The van der Waals surface area contributed by atoms with Crippen molar-refractivity contribution in [3.05, 3.63) is 35.6 Å². The number of amides is 1. The Hall–Kier alpha value is -1.13. The minimum absolute atomic E-state index is 0. The molecule has 1 aromatic rings. The first kappa shape index (κ1) is 17.9. The quantitative estimate of drug-likeness (QED) is 0.877. The molecule has 1 aliphatic rings. The Balaban J connectivity index is 0.00000220. The van der Waals surface area contributed by atoms with Gasteiger partial charge in [0.05, 0.1) is 0 Å². The van der Waals surface area contributed by atoms with E-state index < -0.39 is 0 Å². The van der Waals surface area contributed by atoms with Crippen LogP contribution in [0.3, 0.4) is 0 Å². The Morgan fingerprint density at radius 3 is 2.90 bits per heavy atom. The fourth-order valence-corrected chi connectivity index (χ4v) is 2.69. The number of piperidine rings is 1. The third-order valence-electron chi connectivity index (χ3n) is 3.91. The summed E-state index contributed by atoms with van der Waals surface area (Å²) in [4.78, 5) is 11.9. The minimum Gasteiger partial charge on any atom is -0.356 e. The molecule has 1 saturated heterocycles. The summed E-state index contributed by atoms with van der Waals surface area (Å²) in [6.45, 7) is 4.66. The van der Waals surface area contributed by atoms with Crippen LogP contribution in [0.15, 0.2) is 24.3 Å². The molecule has 1 amide bonds. The number of benzene rings is 1. The Bertz CT molecular complexity index is 450. The molecule has 1 aromatic carbocycles. The van der Waals surface area contributed by atoms with Crippen molar-refractivity contribution in [1.29, 1.82) is 0 Å². The topological polar surface area (TPSA) is 41.1 Å². The highest BCUT2D eigenvalue weighted by molar-refractivity contribution is 5.85. The molecule has 0 saturated carbocycles. The molecule has 0 radical (unpaired) electrons. The molecular formula is C16H24ClFN2O. The van der Waals surface area contributed by atoms with E-state index in [4.69, 9.17) is 0 Å². The van der Waals surface area contributed by atoms with Crippen molar-refractivity contribution in [1.82, 2.24) is 10.6 Å². The monoisotopic (exact) mass is 314 g/mol. The van der Waals surface area contributed by atoms with Crippen LogP contribution in [0.1, 0.15) is 37.7 Å². The number of hydrogen-bond acceptors (Lipinski definition) is 2. The molecule has 3 nitrogen and oxygen atoms in total. The lowest BCUT2D eigenvalue weighted by Gasteiger charge is -2.23. The lowest BCUT2D eigenvalue weighted by molar-refractivity contribution is -0.121.